The normalized spacial score (nSPS) is 11.2. The zero-order chi connectivity index (χ0) is 14.1. The lowest BCUT2D eigenvalue weighted by Crippen LogP contribution is -2.05. The lowest BCUT2D eigenvalue weighted by Gasteiger charge is -2.10. The van der Waals surface area contributed by atoms with E-state index >= 15 is 0 Å². The van der Waals surface area contributed by atoms with Gasteiger partial charge in [0.05, 0.1) is 18.5 Å². The first-order chi connectivity index (χ1) is 9.65. The Labute approximate surface area is 121 Å². The first-order valence-corrected chi connectivity index (χ1v) is 6.64. The van der Waals surface area contributed by atoms with Crippen molar-refractivity contribution in [2.75, 3.05) is 0 Å². The molecule has 0 unspecified atom stereocenters. The van der Waals surface area contributed by atoms with Gasteiger partial charge in [-0.05, 0) is 26.0 Å². The van der Waals surface area contributed by atoms with Gasteiger partial charge in [-0.25, -0.2) is 0 Å². The zero-order valence-corrected chi connectivity index (χ0v) is 11.9. The van der Waals surface area contributed by atoms with Crippen LogP contribution in [0.2, 0.25) is 5.15 Å². The predicted octanol–water partition coefficient (Wildman–Crippen LogP) is 3.23. The summed E-state index contributed by atoms with van der Waals surface area (Å²) in [7, 11) is 0. The molecule has 0 bridgehead atoms. The molecule has 5 nitrogen and oxygen atoms in total. The van der Waals surface area contributed by atoms with Crippen LogP contribution in [0.3, 0.4) is 0 Å². The molecule has 0 amide bonds. The molecular weight excluding hydrogens is 276 g/mol. The fourth-order valence-corrected chi connectivity index (χ4v) is 2.20. The Kier molecular flexibility index (Phi) is 3.28. The van der Waals surface area contributed by atoms with Crippen LogP contribution in [0.1, 0.15) is 13.8 Å². The van der Waals surface area contributed by atoms with Crippen LogP contribution in [0, 0.1) is 0 Å². The van der Waals surface area contributed by atoms with Crippen LogP contribution in [-0.2, 0) is 0 Å². The average molecular weight is 289 g/mol. The van der Waals surface area contributed by atoms with Gasteiger partial charge in [0.25, 0.3) is 0 Å². The Morgan fingerprint density at radius 1 is 1.20 bits per heavy atom. The number of nitrogens with zero attached hydrogens (tertiary/aromatic N) is 4. The first kappa shape index (κ1) is 12.9. The molecule has 2 aromatic heterocycles. The van der Waals surface area contributed by atoms with Gasteiger partial charge in [0, 0.05) is 5.56 Å². The van der Waals surface area contributed by atoms with E-state index in [-0.39, 0.29) is 6.10 Å². The fourth-order valence-electron chi connectivity index (χ4n) is 1.98. The van der Waals surface area contributed by atoms with E-state index in [1.807, 2.05) is 38.1 Å². The number of fused-ring (bicyclic) bond motifs is 1. The number of halogens is 1. The molecule has 0 aliphatic heterocycles. The van der Waals surface area contributed by atoms with Crippen molar-refractivity contribution in [1.82, 2.24) is 19.6 Å². The minimum Gasteiger partial charge on any atom is -0.491 e. The zero-order valence-electron chi connectivity index (χ0n) is 11.1. The maximum absolute atomic E-state index is 6.17. The van der Waals surface area contributed by atoms with Gasteiger partial charge in [-0.1, -0.05) is 23.7 Å². The number of hydrogen-bond acceptors (Lipinski definition) is 4. The van der Waals surface area contributed by atoms with E-state index in [0.717, 1.165) is 11.3 Å². The average Bonchev–Trinajstić information content (AvgIpc) is 2.83. The van der Waals surface area contributed by atoms with Gasteiger partial charge in [-0.2, -0.15) is 0 Å². The maximum atomic E-state index is 6.17. The van der Waals surface area contributed by atoms with E-state index in [0.29, 0.717) is 16.6 Å². The van der Waals surface area contributed by atoms with Crippen LogP contribution in [0.4, 0.5) is 0 Å². The second-order valence-corrected chi connectivity index (χ2v) is 5.03. The summed E-state index contributed by atoms with van der Waals surface area (Å²) in [6, 6.07) is 7.70. The Morgan fingerprint density at radius 3 is 2.85 bits per heavy atom. The molecule has 0 saturated heterocycles. The number of rotatable bonds is 3. The maximum Gasteiger partial charge on any atom is 0.180 e. The minimum absolute atomic E-state index is 0.119. The molecule has 0 saturated carbocycles. The van der Waals surface area contributed by atoms with Gasteiger partial charge < -0.3 is 4.74 Å². The molecule has 0 aliphatic carbocycles. The van der Waals surface area contributed by atoms with Crippen molar-refractivity contribution in [3.63, 3.8) is 0 Å². The molecule has 1 aromatic carbocycles. The molecule has 2 heterocycles. The van der Waals surface area contributed by atoms with Crippen LogP contribution >= 0.6 is 11.6 Å². The Hall–Kier alpha value is -2.14. The predicted molar refractivity (Wildman–Crippen MR) is 77.0 cm³/mol. The summed E-state index contributed by atoms with van der Waals surface area (Å²) in [5.74, 6) is 1.46. The van der Waals surface area contributed by atoms with Crippen molar-refractivity contribution < 1.29 is 4.74 Å². The second-order valence-electron chi connectivity index (χ2n) is 4.64. The summed E-state index contributed by atoms with van der Waals surface area (Å²) < 4.78 is 7.45. The topological polar surface area (TPSA) is 52.3 Å². The van der Waals surface area contributed by atoms with Gasteiger partial charge in [-0.3, -0.25) is 9.38 Å². The lowest BCUT2D eigenvalue weighted by atomic mass is 10.2. The van der Waals surface area contributed by atoms with Gasteiger partial charge in [0.2, 0.25) is 0 Å². The Balaban J connectivity index is 2.11. The van der Waals surface area contributed by atoms with Crippen molar-refractivity contribution in [2.45, 2.75) is 20.0 Å². The van der Waals surface area contributed by atoms with Gasteiger partial charge in [-0.15, -0.1) is 10.2 Å². The quantitative estimate of drug-likeness (QED) is 0.742. The third kappa shape index (κ3) is 2.32. The molecule has 0 N–H and O–H groups in total. The highest BCUT2D eigenvalue weighted by Crippen LogP contribution is 2.25. The molecule has 0 aliphatic rings. The number of hydrogen-bond donors (Lipinski definition) is 0. The first-order valence-electron chi connectivity index (χ1n) is 6.27. The van der Waals surface area contributed by atoms with Crippen molar-refractivity contribution in [1.29, 1.82) is 0 Å². The molecule has 0 atom stereocenters. The third-order valence-corrected chi connectivity index (χ3v) is 3.00. The fraction of sp³-hybridized carbons (Fsp3) is 0.214. The van der Waals surface area contributed by atoms with Crippen LogP contribution < -0.4 is 4.74 Å². The molecule has 0 radical (unpaired) electrons. The van der Waals surface area contributed by atoms with E-state index in [2.05, 4.69) is 15.2 Å². The van der Waals surface area contributed by atoms with E-state index in [1.54, 1.807) is 16.8 Å². The number of benzene rings is 1. The Bertz CT molecular complexity index is 754. The highest BCUT2D eigenvalue weighted by atomic mass is 35.5. The van der Waals surface area contributed by atoms with Crippen molar-refractivity contribution >= 4 is 17.2 Å². The molecule has 102 valence electrons. The van der Waals surface area contributed by atoms with Crippen molar-refractivity contribution in [3.05, 3.63) is 41.8 Å². The number of ether oxygens (including phenoxy) is 1. The van der Waals surface area contributed by atoms with E-state index < -0.39 is 0 Å². The summed E-state index contributed by atoms with van der Waals surface area (Å²) in [6.45, 7) is 3.98. The SMILES string of the molecule is CC(C)Oc1cccc(-c2nnc3cncc(Cl)n23)c1. The second kappa shape index (κ2) is 5.09. The molecule has 20 heavy (non-hydrogen) atoms. The molecule has 3 rings (SSSR count). The van der Waals surface area contributed by atoms with Crippen LogP contribution in [0.15, 0.2) is 36.7 Å². The van der Waals surface area contributed by atoms with Gasteiger partial charge in [0.1, 0.15) is 10.9 Å². The highest BCUT2D eigenvalue weighted by Gasteiger charge is 2.11. The number of aromatic nitrogens is 4. The van der Waals surface area contributed by atoms with Gasteiger partial charge in [0.15, 0.2) is 11.5 Å². The summed E-state index contributed by atoms with van der Waals surface area (Å²) >= 11 is 6.17. The standard InChI is InChI=1S/C14H13ClN4O/c1-9(2)20-11-5-3-4-10(6-11)14-18-17-13-8-16-7-12(15)19(13)14/h3-9H,1-2H3. The largest absolute Gasteiger partial charge is 0.491 e. The Morgan fingerprint density at radius 2 is 2.05 bits per heavy atom. The lowest BCUT2D eigenvalue weighted by molar-refractivity contribution is 0.242. The summed E-state index contributed by atoms with van der Waals surface area (Å²) in [5, 5.41) is 8.72. The molecule has 0 fully saturated rings. The van der Waals surface area contributed by atoms with Gasteiger partial charge >= 0.3 is 0 Å². The summed E-state index contributed by atoms with van der Waals surface area (Å²) in [6.07, 6.45) is 3.31. The molecule has 3 aromatic rings. The monoisotopic (exact) mass is 288 g/mol. The van der Waals surface area contributed by atoms with Crippen LogP contribution in [0.5, 0.6) is 5.75 Å². The van der Waals surface area contributed by atoms with E-state index in [9.17, 15) is 0 Å². The molecule has 0 spiro atoms. The molecule has 6 heteroatoms. The summed E-state index contributed by atoms with van der Waals surface area (Å²) in [4.78, 5) is 4.00. The van der Waals surface area contributed by atoms with Crippen molar-refractivity contribution in [3.8, 4) is 17.1 Å². The van der Waals surface area contributed by atoms with Crippen molar-refractivity contribution in [2.24, 2.45) is 0 Å². The minimum atomic E-state index is 0.119. The van der Waals surface area contributed by atoms with E-state index in [4.69, 9.17) is 16.3 Å². The van der Waals surface area contributed by atoms with E-state index in [1.165, 1.54) is 0 Å². The molecular formula is C14H13ClN4O. The van der Waals surface area contributed by atoms with Crippen LogP contribution in [-0.4, -0.2) is 25.7 Å². The summed E-state index contributed by atoms with van der Waals surface area (Å²) in [5.41, 5.74) is 1.51. The smallest absolute Gasteiger partial charge is 0.180 e. The third-order valence-electron chi connectivity index (χ3n) is 2.74. The highest BCUT2D eigenvalue weighted by molar-refractivity contribution is 6.29. The van der Waals surface area contributed by atoms with Crippen LogP contribution in [0.25, 0.3) is 17.0 Å².